The second-order valence-electron chi connectivity index (χ2n) is 4.10. The van der Waals surface area contributed by atoms with Gasteiger partial charge < -0.3 is 10.1 Å². The van der Waals surface area contributed by atoms with Crippen LogP contribution in [0.25, 0.3) is 0 Å². The number of carbonyl (C=O) groups excluding carboxylic acids is 1. The third-order valence-electron chi connectivity index (χ3n) is 2.93. The molecular weight excluding hydrogens is 236 g/mol. The zero-order valence-corrected chi connectivity index (χ0v) is 10.0. The molecule has 18 heavy (non-hydrogen) atoms. The summed E-state index contributed by atoms with van der Waals surface area (Å²) in [6, 6.07) is 4.31. The fourth-order valence-corrected chi connectivity index (χ4v) is 2.02. The maximum atomic E-state index is 11.6. The van der Waals surface area contributed by atoms with Crippen LogP contribution in [0.2, 0.25) is 0 Å². The highest BCUT2D eigenvalue weighted by atomic mass is 16.6. The number of fused-ring (bicyclic) bond motifs is 1. The van der Waals surface area contributed by atoms with Gasteiger partial charge in [0.05, 0.1) is 11.5 Å². The molecule has 1 atom stereocenters. The van der Waals surface area contributed by atoms with Crippen LogP contribution in [0.4, 0.5) is 5.69 Å². The van der Waals surface area contributed by atoms with Crippen molar-refractivity contribution in [2.75, 3.05) is 6.61 Å². The molecule has 0 radical (unpaired) electrons. The minimum Gasteiger partial charge on any atom is -0.465 e. The number of hydrogen-bond donors (Lipinski definition) is 1. The minimum absolute atomic E-state index is 0.0539. The van der Waals surface area contributed by atoms with E-state index in [9.17, 15) is 14.9 Å². The largest absolute Gasteiger partial charge is 0.465 e. The number of nitro benzene ring substituents is 1. The fraction of sp³-hybridized carbons (Fsp3) is 0.417. The van der Waals surface area contributed by atoms with Crippen LogP contribution in [-0.4, -0.2) is 23.5 Å². The first-order chi connectivity index (χ1) is 8.61. The lowest BCUT2D eigenvalue weighted by atomic mass is 9.95. The van der Waals surface area contributed by atoms with Crippen molar-refractivity contribution in [2.45, 2.75) is 25.9 Å². The Morgan fingerprint density at radius 2 is 2.33 bits per heavy atom. The van der Waals surface area contributed by atoms with Gasteiger partial charge in [-0.1, -0.05) is 6.07 Å². The number of benzene rings is 1. The molecule has 1 aliphatic heterocycles. The quantitative estimate of drug-likeness (QED) is 0.494. The second kappa shape index (κ2) is 5.14. The first-order valence-corrected chi connectivity index (χ1v) is 5.78. The molecule has 1 aliphatic rings. The fourth-order valence-electron chi connectivity index (χ4n) is 2.02. The molecule has 0 aromatic heterocycles. The molecule has 0 saturated carbocycles. The molecule has 2 rings (SSSR count). The van der Waals surface area contributed by atoms with Gasteiger partial charge in [0.1, 0.15) is 6.04 Å². The third-order valence-corrected chi connectivity index (χ3v) is 2.93. The molecule has 6 nitrogen and oxygen atoms in total. The van der Waals surface area contributed by atoms with Crippen molar-refractivity contribution >= 4 is 11.7 Å². The van der Waals surface area contributed by atoms with E-state index in [1.165, 1.54) is 12.1 Å². The molecule has 0 fully saturated rings. The average molecular weight is 250 g/mol. The molecular formula is C12H14N2O4. The number of hydrogen-bond acceptors (Lipinski definition) is 5. The maximum absolute atomic E-state index is 11.6. The van der Waals surface area contributed by atoms with Gasteiger partial charge >= 0.3 is 5.97 Å². The predicted molar refractivity (Wildman–Crippen MR) is 64.1 cm³/mol. The van der Waals surface area contributed by atoms with E-state index in [-0.39, 0.29) is 11.7 Å². The van der Waals surface area contributed by atoms with E-state index in [2.05, 4.69) is 5.32 Å². The van der Waals surface area contributed by atoms with E-state index in [1.54, 1.807) is 13.0 Å². The Kier molecular flexibility index (Phi) is 3.57. The lowest BCUT2D eigenvalue weighted by molar-refractivity contribution is -0.384. The van der Waals surface area contributed by atoms with Gasteiger partial charge in [0, 0.05) is 18.7 Å². The molecule has 6 heteroatoms. The molecule has 0 bridgehead atoms. The smallest absolute Gasteiger partial charge is 0.323 e. The van der Waals surface area contributed by atoms with Crippen LogP contribution in [0.3, 0.4) is 0 Å². The van der Waals surface area contributed by atoms with Crippen molar-refractivity contribution in [3.63, 3.8) is 0 Å². The van der Waals surface area contributed by atoms with Crippen LogP contribution in [0, 0.1) is 10.1 Å². The minimum atomic E-state index is -0.429. The molecule has 0 saturated heterocycles. The van der Waals surface area contributed by atoms with Crippen molar-refractivity contribution in [3.8, 4) is 0 Å². The molecule has 0 spiro atoms. The Balaban J connectivity index is 2.19. The average Bonchev–Trinajstić information content (AvgIpc) is 2.37. The summed E-state index contributed by atoms with van der Waals surface area (Å²) in [5, 5.41) is 13.8. The molecule has 0 aliphatic carbocycles. The molecule has 0 unspecified atom stereocenters. The Morgan fingerprint density at radius 1 is 1.56 bits per heavy atom. The Hall–Kier alpha value is -1.95. The van der Waals surface area contributed by atoms with Crippen molar-refractivity contribution in [1.29, 1.82) is 0 Å². The first kappa shape index (κ1) is 12.5. The van der Waals surface area contributed by atoms with E-state index in [4.69, 9.17) is 4.74 Å². The summed E-state index contributed by atoms with van der Waals surface area (Å²) >= 11 is 0. The molecule has 96 valence electrons. The summed E-state index contributed by atoms with van der Waals surface area (Å²) in [5.41, 5.74) is 1.88. The van der Waals surface area contributed by atoms with Crippen molar-refractivity contribution in [1.82, 2.24) is 5.32 Å². The van der Waals surface area contributed by atoms with Gasteiger partial charge in [-0.3, -0.25) is 14.9 Å². The zero-order valence-electron chi connectivity index (χ0n) is 10.0. The molecule has 1 aromatic carbocycles. The van der Waals surface area contributed by atoms with Crippen molar-refractivity contribution in [2.24, 2.45) is 0 Å². The number of esters is 1. The number of non-ortho nitro benzene ring substituents is 1. The predicted octanol–water partition coefficient (Wildman–Crippen LogP) is 1.17. The third kappa shape index (κ3) is 2.48. The van der Waals surface area contributed by atoms with E-state index in [1.807, 2.05) is 0 Å². The number of nitrogens with zero attached hydrogens (tertiary/aromatic N) is 1. The van der Waals surface area contributed by atoms with Crippen LogP contribution in [-0.2, 0) is 22.5 Å². The summed E-state index contributed by atoms with van der Waals surface area (Å²) < 4.78 is 4.94. The summed E-state index contributed by atoms with van der Waals surface area (Å²) in [6.45, 7) is 2.61. The summed E-state index contributed by atoms with van der Waals surface area (Å²) in [7, 11) is 0. The van der Waals surface area contributed by atoms with Gasteiger partial charge in [-0.05, 0) is 24.5 Å². The molecule has 0 amide bonds. The first-order valence-electron chi connectivity index (χ1n) is 5.78. The van der Waals surface area contributed by atoms with Gasteiger partial charge in [-0.25, -0.2) is 0 Å². The van der Waals surface area contributed by atoms with Gasteiger partial charge in [0.25, 0.3) is 5.69 Å². The van der Waals surface area contributed by atoms with Crippen LogP contribution >= 0.6 is 0 Å². The maximum Gasteiger partial charge on any atom is 0.323 e. The lowest BCUT2D eigenvalue weighted by Crippen LogP contribution is -2.42. The zero-order chi connectivity index (χ0) is 13.1. The molecule has 1 heterocycles. The summed E-state index contributed by atoms with van der Waals surface area (Å²) in [5.74, 6) is -0.311. The van der Waals surface area contributed by atoms with Gasteiger partial charge in [0.2, 0.25) is 0 Å². The normalized spacial score (nSPS) is 17.9. The number of ether oxygens (including phenoxy) is 1. The highest BCUT2D eigenvalue weighted by Crippen LogP contribution is 2.22. The van der Waals surface area contributed by atoms with Gasteiger partial charge in [0.15, 0.2) is 0 Å². The Morgan fingerprint density at radius 3 is 3.00 bits per heavy atom. The molecule has 1 N–H and O–H groups in total. The van der Waals surface area contributed by atoms with Crippen LogP contribution in [0.15, 0.2) is 18.2 Å². The topological polar surface area (TPSA) is 81.5 Å². The lowest BCUT2D eigenvalue weighted by Gasteiger charge is -2.24. The molecule has 1 aromatic rings. The summed E-state index contributed by atoms with van der Waals surface area (Å²) in [4.78, 5) is 21.9. The van der Waals surface area contributed by atoms with E-state index in [0.717, 1.165) is 11.1 Å². The van der Waals surface area contributed by atoms with E-state index < -0.39 is 11.0 Å². The monoisotopic (exact) mass is 250 g/mol. The van der Waals surface area contributed by atoms with E-state index >= 15 is 0 Å². The number of rotatable bonds is 3. The number of nitrogens with one attached hydrogen (secondary N) is 1. The number of carbonyl (C=O) groups is 1. The highest BCUT2D eigenvalue weighted by Gasteiger charge is 2.26. The van der Waals surface area contributed by atoms with Gasteiger partial charge in [-0.2, -0.15) is 0 Å². The number of nitro groups is 1. The van der Waals surface area contributed by atoms with E-state index in [0.29, 0.717) is 19.6 Å². The second-order valence-corrected chi connectivity index (χ2v) is 4.10. The summed E-state index contributed by atoms with van der Waals surface area (Å²) in [6.07, 6.45) is 0.426. The van der Waals surface area contributed by atoms with Crippen LogP contribution in [0.5, 0.6) is 0 Å². The van der Waals surface area contributed by atoms with Crippen LogP contribution in [0.1, 0.15) is 18.1 Å². The van der Waals surface area contributed by atoms with Crippen molar-refractivity contribution < 1.29 is 14.5 Å². The highest BCUT2D eigenvalue weighted by molar-refractivity contribution is 5.76. The van der Waals surface area contributed by atoms with Crippen molar-refractivity contribution in [3.05, 3.63) is 39.4 Å². The SMILES string of the molecule is CCOC(=O)[C@@H]1Cc2cc([N+](=O)[O-])ccc2CN1. The Bertz CT molecular complexity index is 487. The Labute approximate surface area is 104 Å². The standard InChI is InChI=1S/C12H14N2O4/c1-2-18-12(15)11-6-9-5-10(14(16)17)4-3-8(9)7-13-11/h3-5,11,13H,2,6-7H2,1H3/t11-/m0/s1. The van der Waals surface area contributed by atoms with Crippen LogP contribution < -0.4 is 5.32 Å². The van der Waals surface area contributed by atoms with Gasteiger partial charge in [-0.15, -0.1) is 0 Å².